The van der Waals surface area contributed by atoms with Crippen LogP contribution in [-0.4, -0.2) is 23.8 Å². The number of carbonyl (C=O) groups is 1. The minimum absolute atomic E-state index is 0.0737. The third-order valence-electron chi connectivity index (χ3n) is 1.39. The summed E-state index contributed by atoms with van der Waals surface area (Å²) in [6.07, 6.45) is 1.30. The molecule has 0 saturated carbocycles. The van der Waals surface area contributed by atoms with Crippen molar-refractivity contribution < 1.29 is 15.0 Å². The van der Waals surface area contributed by atoms with E-state index in [2.05, 4.69) is 4.99 Å². The van der Waals surface area contributed by atoms with Gasteiger partial charge in [-0.15, -0.1) is 0 Å². The van der Waals surface area contributed by atoms with E-state index in [1.165, 1.54) is 12.3 Å². The lowest BCUT2D eigenvalue weighted by Crippen LogP contribution is -2.24. The molecule has 0 aliphatic heterocycles. The second kappa shape index (κ2) is 4.25. The summed E-state index contributed by atoms with van der Waals surface area (Å²) in [4.78, 5) is 13.5. The van der Waals surface area contributed by atoms with Crippen molar-refractivity contribution in [2.75, 3.05) is 6.54 Å². The molecule has 4 nitrogen and oxygen atoms in total. The highest BCUT2D eigenvalue weighted by Gasteiger charge is 1.93. The van der Waals surface area contributed by atoms with Gasteiger partial charge < -0.3 is 15.0 Å². The van der Waals surface area contributed by atoms with Crippen LogP contribution in [0.5, 0.6) is 5.75 Å². The van der Waals surface area contributed by atoms with Crippen LogP contribution in [-0.2, 0) is 4.79 Å². The minimum Gasteiger partial charge on any atom is -0.548 e. The maximum Gasteiger partial charge on any atom is 0.124 e. The highest BCUT2D eigenvalue weighted by molar-refractivity contribution is 5.84. The number of rotatable bonds is 3. The molecule has 0 aromatic heterocycles. The van der Waals surface area contributed by atoms with Crippen LogP contribution in [0.3, 0.4) is 0 Å². The molecule has 0 radical (unpaired) electrons. The number of carboxylic acid groups (broad SMARTS) is 1. The first-order chi connectivity index (χ1) is 6.20. The van der Waals surface area contributed by atoms with Crippen molar-refractivity contribution in [3.63, 3.8) is 0 Å². The van der Waals surface area contributed by atoms with Gasteiger partial charge in [-0.05, 0) is 12.1 Å². The Bertz CT molecular complexity index is 333. The van der Waals surface area contributed by atoms with E-state index < -0.39 is 12.5 Å². The zero-order valence-electron chi connectivity index (χ0n) is 6.80. The molecule has 1 aromatic carbocycles. The molecule has 0 atom stereocenters. The fraction of sp³-hybridized carbons (Fsp3) is 0.111. The number of aliphatic carboxylic acids is 1. The molecule has 1 aromatic rings. The monoisotopic (exact) mass is 178 g/mol. The van der Waals surface area contributed by atoms with Gasteiger partial charge in [0.1, 0.15) is 5.75 Å². The van der Waals surface area contributed by atoms with Crippen LogP contribution in [0.4, 0.5) is 0 Å². The molecule has 0 aliphatic carbocycles. The van der Waals surface area contributed by atoms with Crippen LogP contribution in [0.2, 0.25) is 0 Å². The van der Waals surface area contributed by atoms with Gasteiger partial charge >= 0.3 is 0 Å². The quantitative estimate of drug-likeness (QED) is 0.638. The summed E-state index contributed by atoms with van der Waals surface area (Å²) < 4.78 is 0. The Morgan fingerprint density at radius 2 is 2.23 bits per heavy atom. The molecule has 1 rings (SSSR count). The largest absolute Gasteiger partial charge is 0.548 e. The van der Waals surface area contributed by atoms with Crippen molar-refractivity contribution in [3.8, 4) is 5.75 Å². The van der Waals surface area contributed by atoms with E-state index >= 15 is 0 Å². The Labute approximate surface area is 75.2 Å². The van der Waals surface area contributed by atoms with Gasteiger partial charge in [-0.25, -0.2) is 0 Å². The van der Waals surface area contributed by atoms with Crippen LogP contribution in [0.15, 0.2) is 29.3 Å². The number of carboxylic acids is 1. The normalized spacial score (nSPS) is 10.5. The molecule has 0 bridgehead atoms. The second-order valence-electron chi connectivity index (χ2n) is 2.40. The highest BCUT2D eigenvalue weighted by Crippen LogP contribution is 2.12. The molecule has 0 amide bonds. The Morgan fingerprint density at radius 3 is 2.85 bits per heavy atom. The lowest BCUT2D eigenvalue weighted by Gasteiger charge is -1.97. The summed E-state index contributed by atoms with van der Waals surface area (Å²) in [5, 5.41) is 19.2. The predicted molar refractivity (Wildman–Crippen MR) is 45.6 cm³/mol. The maximum atomic E-state index is 9.99. The van der Waals surface area contributed by atoms with Gasteiger partial charge in [0.25, 0.3) is 0 Å². The first kappa shape index (κ1) is 9.25. The molecule has 0 aliphatic rings. The lowest BCUT2D eigenvalue weighted by molar-refractivity contribution is -0.303. The van der Waals surface area contributed by atoms with Crippen molar-refractivity contribution in [1.29, 1.82) is 0 Å². The topological polar surface area (TPSA) is 72.7 Å². The number of para-hydroxylation sites is 1. The number of hydrogen-bond acceptors (Lipinski definition) is 4. The first-order valence-electron chi connectivity index (χ1n) is 3.68. The fourth-order valence-electron chi connectivity index (χ4n) is 0.815. The average Bonchev–Trinajstić information content (AvgIpc) is 2.08. The predicted octanol–water partition coefficient (Wildman–Crippen LogP) is -0.439. The second-order valence-corrected chi connectivity index (χ2v) is 2.40. The van der Waals surface area contributed by atoms with E-state index in [1.54, 1.807) is 18.2 Å². The molecule has 0 fully saturated rings. The fourth-order valence-corrected chi connectivity index (χ4v) is 0.815. The van der Waals surface area contributed by atoms with Gasteiger partial charge in [0, 0.05) is 11.8 Å². The van der Waals surface area contributed by atoms with Crippen LogP contribution in [0.1, 0.15) is 5.56 Å². The Balaban J connectivity index is 2.68. The van der Waals surface area contributed by atoms with E-state index in [1.807, 2.05) is 0 Å². The van der Waals surface area contributed by atoms with Crippen molar-refractivity contribution >= 4 is 12.2 Å². The molecule has 4 heteroatoms. The summed E-state index contributed by atoms with van der Waals surface area (Å²) in [6, 6.07) is 6.53. The summed E-state index contributed by atoms with van der Waals surface area (Å²) in [6.45, 7) is -0.395. The molecule has 13 heavy (non-hydrogen) atoms. The Kier molecular flexibility index (Phi) is 3.03. The number of nitrogens with zero attached hydrogens (tertiary/aromatic N) is 1. The number of benzene rings is 1. The number of aromatic hydroxyl groups is 1. The van der Waals surface area contributed by atoms with E-state index in [4.69, 9.17) is 0 Å². The third-order valence-corrected chi connectivity index (χ3v) is 1.39. The molecular weight excluding hydrogens is 170 g/mol. The van der Waals surface area contributed by atoms with E-state index in [0.29, 0.717) is 5.56 Å². The zero-order chi connectivity index (χ0) is 9.68. The van der Waals surface area contributed by atoms with Gasteiger partial charge in [-0.2, -0.15) is 0 Å². The summed E-state index contributed by atoms with van der Waals surface area (Å²) in [5.74, 6) is -1.17. The van der Waals surface area contributed by atoms with E-state index in [-0.39, 0.29) is 5.75 Å². The SMILES string of the molecule is O=C([O-])CN=Cc1ccccc1O. The molecule has 68 valence electrons. The maximum absolute atomic E-state index is 9.99. The van der Waals surface area contributed by atoms with Crippen LogP contribution < -0.4 is 5.11 Å². The number of phenols is 1. The molecule has 0 heterocycles. The molecule has 0 spiro atoms. The Hall–Kier alpha value is -1.84. The van der Waals surface area contributed by atoms with Gasteiger partial charge in [-0.3, -0.25) is 4.99 Å². The first-order valence-corrected chi connectivity index (χ1v) is 3.68. The lowest BCUT2D eigenvalue weighted by atomic mass is 10.2. The molecule has 0 saturated heterocycles. The summed E-state index contributed by atoms with van der Waals surface area (Å²) in [7, 11) is 0. The van der Waals surface area contributed by atoms with Gasteiger partial charge in [0.2, 0.25) is 0 Å². The molecular formula is C9H8NO3-. The standard InChI is InChI=1S/C9H9NO3/c11-8-4-2-1-3-7(8)5-10-6-9(12)13/h1-5,11H,6H2,(H,12,13)/p-1. The van der Waals surface area contributed by atoms with Crippen molar-refractivity contribution in [2.45, 2.75) is 0 Å². The zero-order valence-corrected chi connectivity index (χ0v) is 6.80. The summed E-state index contributed by atoms with van der Waals surface area (Å²) in [5.41, 5.74) is 0.490. The molecule has 0 unspecified atom stereocenters. The number of carbonyl (C=O) groups excluding carboxylic acids is 1. The third kappa shape index (κ3) is 2.94. The van der Waals surface area contributed by atoms with Gasteiger partial charge in [0.15, 0.2) is 0 Å². The number of aliphatic imine (C=N–C) groups is 1. The smallest absolute Gasteiger partial charge is 0.124 e. The van der Waals surface area contributed by atoms with Crippen LogP contribution in [0.25, 0.3) is 0 Å². The van der Waals surface area contributed by atoms with Crippen molar-refractivity contribution in [1.82, 2.24) is 0 Å². The number of phenolic OH excluding ortho intramolecular Hbond substituents is 1. The Morgan fingerprint density at radius 1 is 1.54 bits per heavy atom. The summed E-state index contributed by atoms with van der Waals surface area (Å²) >= 11 is 0. The van der Waals surface area contributed by atoms with Crippen molar-refractivity contribution in [3.05, 3.63) is 29.8 Å². The minimum atomic E-state index is -1.24. The highest BCUT2D eigenvalue weighted by atomic mass is 16.4. The molecule has 1 N–H and O–H groups in total. The van der Waals surface area contributed by atoms with E-state index in [9.17, 15) is 15.0 Å². The van der Waals surface area contributed by atoms with Gasteiger partial charge in [0.05, 0.1) is 12.5 Å². The van der Waals surface area contributed by atoms with Crippen LogP contribution in [0, 0.1) is 0 Å². The number of hydrogen-bond donors (Lipinski definition) is 1. The average molecular weight is 178 g/mol. The van der Waals surface area contributed by atoms with E-state index in [0.717, 1.165) is 0 Å². The van der Waals surface area contributed by atoms with Crippen LogP contribution >= 0.6 is 0 Å². The van der Waals surface area contributed by atoms with Crippen molar-refractivity contribution in [2.24, 2.45) is 4.99 Å². The van der Waals surface area contributed by atoms with Gasteiger partial charge in [-0.1, -0.05) is 12.1 Å².